The van der Waals surface area contributed by atoms with E-state index in [2.05, 4.69) is 20.8 Å². The van der Waals surface area contributed by atoms with E-state index in [-0.39, 0.29) is 5.91 Å². The molecular weight excluding hydrogens is 218 g/mol. The zero-order valence-electron chi connectivity index (χ0n) is 11.2. The molecule has 1 aromatic rings. The molecule has 17 heavy (non-hydrogen) atoms. The molecular formula is C11H21N5O. The Labute approximate surface area is 102 Å². The highest BCUT2D eigenvalue weighted by Gasteiger charge is 2.25. The van der Waals surface area contributed by atoms with Gasteiger partial charge in [0.15, 0.2) is 0 Å². The maximum absolute atomic E-state index is 11.6. The number of nitrogens with one attached hydrogen (secondary N) is 2. The monoisotopic (exact) mass is 239 g/mol. The van der Waals surface area contributed by atoms with Crippen molar-refractivity contribution >= 4 is 5.91 Å². The van der Waals surface area contributed by atoms with Crippen LogP contribution in [0.5, 0.6) is 0 Å². The molecule has 0 aliphatic rings. The molecule has 0 spiro atoms. The van der Waals surface area contributed by atoms with E-state index in [9.17, 15) is 4.79 Å². The Hall–Kier alpha value is -1.43. The highest BCUT2D eigenvalue weighted by Crippen LogP contribution is 2.13. The van der Waals surface area contributed by atoms with E-state index < -0.39 is 5.41 Å². The molecule has 0 unspecified atom stereocenters. The van der Waals surface area contributed by atoms with Crippen LogP contribution < -0.4 is 10.6 Å². The van der Waals surface area contributed by atoms with E-state index in [1.165, 1.54) is 0 Å². The largest absolute Gasteiger partial charge is 0.359 e. The lowest BCUT2D eigenvalue weighted by molar-refractivity contribution is -0.128. The second kappa shape index (κ2) is 5.27. The predicted molar refractivity (Wildman–Crippen MR) is 65.3 cm³/mol. The summed E-state index contributed by atoms with van der Waals surface area (Å²) >= 11 is 0. The molecule has 2 N–H and O–H groups in total. The van der Waals surface area contributed by atoms with Crippen LogP contribution in [-0.4, -0.2) is 34.3 Å². The van der Waals surface area contributed by atoms with Gasteiger partial charge >= 0.3 is 0 Å². The van der Waals surface area contributed by atoms with Crippen molar-refractivity contribution in [3.63, 3.8) is 0 Å². The Kier molecular flexibility index (Phi) is 4.22. The van der Waals surface area contributed by atoms with Gasteiger partial charge in [0.1, 0.15) is 11.6 Å². The molecule has 6 heteroatoms. The topological polar surface area (TPSA) is 71.8 Å². The van der Waals surface area contributed by atoms with E-state index in [4.69, 9.17) is 0 Å². The number of nitrogens with zero attached hydrogens (tertiary/aromatic N) is 3. The average Bonchev–Trinajstić information content (AvgIpc) is 2.59. The lowest BCUT2D eigenvalue weighted by atomic mass is 9.92. The lowest BCUT2D eigenvalue weighted by Gasteiger charge is -2.22. The first kappa shape index (κ1) is 13.6. The lowest BCUT2D eigenvalue weighted by Crippen LogP contribution is -2.42. The second-order valence-corrected chi connectivity index (χ2v) is 4.79. The first-order valence-corrected chi connectivity index (χ1v) is 5.66. The van der Waals surface area contributed by atoms with Crippen molar-refractivity contribution in [2.75, 3.05) is 13.6 Å². The van der Waals surface area contributed by atoms with Crippen molar-refractivity contribution in [3.05, 3.63) is 11.6 Å². The summed E-state index contributed by atoms with van der Waals surface area (Å²) in [5.41, 5.74) is -0.428. The fourth-order valence-electron chi connectivity index (χ4n) is 1.51. The SMILES string of the molecule is CNC(=O)C(C)(C)CNCc1nnc(C)n1C. The molecule has 0 atom stereocenters. The minimum absolute atomic E-state index is 0.0270. The van der Waals surface area contributed by atoms with Crippen LogP contribution in [0.4, 0.5) is 0 Å². The number of amides is 1. The predicted octanol–water partition coefficient (Wildman–Crippen LogP) is -0.0147. The van der Waals surface area contributed by atoms with E-state index in [1.807, 2.05) is 32.4 Å². The van der Waals surface area contributed by atoms with Gasteiger partial charge in [0.25, 0.3) is 0 Å². The molecule has 0 saturated carbocycles. The van der Waals surface area contributed by atoms with E-state index in [0.29, 0.717) is 13.1 Å². The summed E-state index contributed by atoms with van der Waals surface area (Å²) in [4.78, 5) is 11.6. The van der Waals surface area contributed by atoms with Crippen molar-refractivity contribution < 1.29 is 4.79 Å². The second-order valence-electron chi connectivity index (χ2n) is 4.79. The Morgan fingerprint density at radius 3 is 2.53 bits per heavy atom. The van der Waals surface area contributed by atoms with Crippen molar-refractivity contribution in [1.29, 1.82) is 0 Å². The van der Waals surface area contributed by atoms with Gasteiger partial charge in [-0.2, -0.15) is 0 Å². The third-order valence-electron chi connectivity index (χ3n) is 2.87. The number of hydrogen-bond donors (Lipinski definition) is 2. The zero-order chi connectivity index (χ0) is 13.1. The molecule has 0 fully saturated rings. The molecule has 0 saturated heterocycles. The van der Waals surface area contributed by atoms with Gasteiger partial charge in [0, 0.05) is 20.6 Å². The summed E-state index contributed by atoms with van der Waals surface area (Å²) < 4.78 is 1.93. The Balaban J connectivity index is 2.48. The Morgan fingerprint density at radius 2 is 2.06 bits per heavy atom. The quantitative estimate of drug-likeness (QED) is 0.758. The summed E-state index contributed by atoms with van der Waals surface area (Å²) in [5, 5.41) is 13.9. The van der Waals surface area contributed by atoms with E-state index >= 15 is 0 Å². The fourth-order valence-corrected chi connectivity index (χ4v) is 1.51. The van der Waals surface area contributed by atoms with Crippen LogP contribution in [0.15, 0.2) is 0 Å². The summed E-state index contributed by atoms with van der Waals surface area (Å²) in [7, 11) is 3.58. The molecule has 1 heterocycles. The molecule has 0 aliphatic heterocycles. The van der Waals surface area contributed by atoms with Crippen LogP contribution in [0.2, 0.25) is 0 Å². The van der Waals surface area contributed by atoms with Crippen LogP contribution in [-0.2, 0) is 18.4 Å². The van der Waals surface area contributed by atoms with Crippen LogP contribution in [0.25, 0.3) is 0 Å². The van der Waals surface area contributed by atoms with Crippen molar-refractivity contribution in [2.24, 2.45) is 12.5 Å². The highest BCUT2D eigenvalue weighted by atomic mass is 16.2. The number of rotatable bonds is 5. The summed E-state index contributed by atoms with van der Waals surface area (Å²) in [6.07, 6.45) is 0. The van der Waals surface area contributed by atoms with Gasteiger partial charge in [-0.15, -0.1) is 10.2 Å². The third kappa shape index (κ3) is 3.26. The molecule has 0 bridgehead atoms. The smallest absolute Gasteiger partial charge is 0.226 e. The molecule has 96 valence electrons. The van der Waals surface area contributed by atoms with Gasteiger partial charge in [-0.1, -0.05) is 0 Å². The van der Waals surface area contributed by atoms with Gasteiger partial charge < -0.3 is 15.2 Å². The first-order chi connectivity index (χ1) is 7.88. The first-order valence-electron chi connectivity index (χ1n) is 5.66. The average molecular weight is 239 g/mol. The van der Waals surface area contributed by atoms with Crippen LogP contribution in [0.1, 0.15) is 25.5 Å². The molecule has 0 aliphatic carbocycles. The standard InChI is InChI=1S/C11H21N5O/c1-8-14-15-9(16(8)5)6-13-7-11(2,3)10(17)12-4/h13H,6-7H2,1-5H3,(H,12,17). The normalized spacial score (nSPS) is 11.6. The number of aryl methyl sites for hydroxylation is 1. The van der Waals surface area contributed by atoms with Crippen molar-refractivity contribution in [3.8, 4) is 0 Å². The number of carbonyl (C=O) groups excluding carboxylic acids is 1. The van der Waals surface area contributed by atoms with Gasteiger partial charge in [0.2, 0.25) is 5.91 Å². The number of aromatic nitrogens is 3. The third-order valence-corrected chi connectivity index (χ3v) is 2.87. The van der Waals surface area contributed by atoms with Gasteiger partial charge in [-0.05, 0) is 20.8 Å². The molecule has 0 aromatic carbocycles. The van der Waals surface area contributed by atoms with Crippen molar-refractivity contribution in [1.82, 2.24) is 25.4 Å². The van der Waals surface area contributed by atoms with E-state index in [1.54, 1.807) is 7.05 Å². The highest BCUT2D eigenvalue weighted by molar-refractivity contribution is 5.81. The number of hydrogen-bond acceptors (Lipinski definition) is 4. The Morgan fingerprint density at radius 1 is 1.41 bits per heavy atom. The van der Waals surface area contributed by atoms with Crippen LogP contribution in [0.3, 0.4) is 0 Å². The number of carbonyl (C=O) groups is 1. The zero-order valence-corrected chi connectivity index (χ0v) is 11.2. The van der Waals surface area contributed by atoms with Crippen LogP contribution >= 0.6 is 0 Å². The molecule has 1 aromatic heterocycles. The fraction of sp³-hybridized carbons (Fsp3) is 0.727. The van der Waals surface area contributed by atoms with Crippen molar-refractivity contribution in [2.45, 2.75) is 27.3 Å². The van der Waals surface area contributed by atoms with E-state index in [0.717, 1.165) is 11.6 Å². The van der Waals surface area contributed by atoms with Gasteiger partial charge in [-0.25, -0.2) is 0 Å². The summed E-state index contributed by atoms with van der Waals surface area (Å²) in [6.45, 7) is 6.92. The molecule has 6 nitrogen and oxygen atoms in total. The maximum Gasteiger partial charge on any atom is 0.226 e. The molecule has 1 amide bonds. The molecule has 1 rings (SSSR count). The minimum Gasteiger partial charge on any atom is -0.359 e. The van der Waals surface area contributed by atoms with Crippen LogP contribution in [0, 0.1) is 12.3 Å². The maximum atomic E-state index is 11.6. The molecule has 0 radical (unpaired) electrons. The summed E-state index contributed by atoms with van der Waals surface area (Å²) in [6, 6.07) is 0. The van der Waals surface area contributed by atoms with Gasteiger partial charge in [0.05, 0.1) is 12.0 Å². The summed E-state index contributed by atoms with van der Waals surface area (Å²) in [5.74, 6) is 1.78. The minimum atomic E-state index is -0.428. The Bertz CT molecular complexity index is 397. The van der Waals surface area contributed by atoms with Gasteiger partial charge in [-0.3, -0.25) is 4.79 Å².